The third-order valence-corrected chi connectivity index (χ3v) is 3.07. The van der Waals surface area contributed by atoms with Gasteiger partial charge in [0.05, 0.1) is 6.10 Å². The fraction of sp³-hybridized carbons (Fsp3) is 0.818. The standard InChI is InChI=1S/C11H23N3O/c1-3-14(13)11-8-7-9(15-2)5-4-6-10(11)12/h9H,3-8,12-13H2,1-2H3/b11-10-. The number of hydrogen-bond donors (Lipinski definition) is 2. The van der Waals surface area contributed by atoms with Gasteiger partial charge >= 0.3 is 0 Å². The predicted octanol–water partition coefficient (Wildman–Crippen LogP) is 1.33. The van der Waals surface area contributed by atoms with Gasteiger partial charge in [0.1, 0.15) is 0 Å². The summed E-state index contributed by atoms with van der Waals surface area (Å²) in [6.45, 7) is 2.83. The second kappa shape index (κ2) is 5.98. The number of allylic oxidation sites excluding steroid dienone is 2. The van der Waals surface area contributed by atoms with Crippen molar-refractivity contribution >= 4 is 0 Å². The van der Waals surface area contributed by atoms with Crippen molar-refractivity contribution in [2.24, 2.45) is 11.6 Å². The van der Waals surface area contributed by atoms with Crippen molar-refractivity contribution in [1.82, 2.24) is 5.01 Å². The largest absolute Gasteiger partial charge is 0.401 e. The topological polar surface area (TPSA) is 64.5 Å². The molecule has 0 aromatic rings. The number of nitrogens with two attached hydrogens (primary N) is 2. The van der Waals surface area contributed by atoms with E-state index in [-0.39, 0.29) is 0 Å². The first-order valence-electron chi connectivity index (χ1n) is 5.71. The average Bonchev–Trinajstić information content (AvgIpc) is 2.23. The quantitative estimate of drug-likeness (QED) is 0.548. The highest BCUT2D eigenvalue weighted by atomic mass is 16.5. The van der Waals surface area contributed by atoms with Crippen molar-refractivity contribution in [1.29, 1.82) is 0 Å². The molecule has 0 amide bonds. The van der Waals surface area contributed by atoms with Crippen LogP contribution in [0.5, 0.6) is 0 Å². The van der Waals surface area contributed by atoms with Gasteiger partial charge < -0.3 is 15.5 Å². The molecule has 0 saturated carbocycles. The highest BCUT2D eigenvalue weighted by Crippen LogP contribution is 2.23. The van der Waals surface area contributed by atoms with E-state index >= 15 is 0 Å². The van der Waals surface area contributed by atoms with Crippen LogP contribution in [-0.4, -0.2) is 24.8 Å². The van der Waals surface area contributed by atoms with Gasteiger partial charge in [-0.3, -0.25) is 0 Å². The predicted molar refractivity (Wildman–Crippen MR) is 61.7 cm³/mol. The Bertz CT molecular complexity index is 228. The van der Waals surface area contributed by atoms with E-state index in [1.807, 2.05) is 6.92 Å². The molecule has 1 aliphatic carbocycles. The van der Waals surface area contributed by atoms with Crippen LogP contribution in [0.25, 0.3) is 0 Å². The summed E-state index contributed by atoms with van der Waals surface area (Å²) in [6.07, 6.45) is 5.42. The zero-order valence-electron chi connectivity index (χ0n) is 9.83. The minimum absolute atomic E-state index is 0.360. The van der Waals surface area contributed by atoms with Gasteiger partial charge in [0.25, 0.3) is 0 Å². The molecule has 0 aliphatic heterocycles. The SMILES string of the molecule is CCN(N)/C1=C(\N)CCCC(OC)CC1. The lowest BCUT2D eigenvalue weighted by atomic mass is 9.99. The summed E-state index contributed by atoms with van der Waals surface area (Å²) in [6, 6.07) is 0. The maximum absolute atomic E-state index is 6.03. The van der Waals surface area contributed by atoms with Crippen LogP contribution in [0.3, 0.4) is 0 Å². The molecule has 0 aromatic carbocycles. The van der Waals surface area contributed by atoms with E-state index in [9.17, 15) is 0 Å². The molecule has 0 radical (unpaired) electrons. The molecule has 4 nitrogen and oxygen atoms in total. The third kappa shape index (κ3) is 3.39. The van der Waals surface area contributed by atoms with Gasteiger partial charge in [-0.05, 0) is 39.0 Å². The maximum Gasteiger partial charge on any atom is 0.0575 e. The second-order valence-electron chi connectivity index (χ2n) is 4.05. The van der Waals surface area contributed by atoms with Crippen LogP contribution in [0.2, 0.25) is 0 Å². The lowest BCUT2D eigenvalue weighted by molar-refractivity contribution is 0.0827. The summed E-state index contributed by atoms with van der Waals surface area (Å²) in [4.78, 5) is 0. The van der Waals surface area contributed by atoms with Crippen molar-refractivity contribution in [2.75, 3.05) is 13.7 Å². The smallest absolute Gasteiger partial charge is 0.0575 e. The summed E-state index contributed by atoms with van der Waals surface area (Å²) >= 11 is 0. The molecule has 4 N–H and O–H groups in total. The van der Waals surface area contributed by atoms with Gasteiger partial charge in [-0.1, -0.05) is 0 Å². The van der Waals surface area contributed by atoms with Gasteiger partial charge in [0, 0.05) is 25.0 Å². The minimum Gasteiger partial charge on any atom is -0.401 e. The zero-order valence-corrected chi connectivity index (χ0v) is 9.83. The van der Waals surface area contributed by atoms with Gasteiger partial charge in [0.15, 0.2) is 0 Å². The molecule has 0 spiro atoms. The van der Waals surface area contributed by atoms with Crippen LogP contribution in [0.1, 0.15) is 39.0 Å². The van der Waals surface area contributed by atoms with Crippen LogP contribution >= 0.6 is 0 Å². The van der Waals surface area contributed by atoms with Crippen LogP contribution in [0.15, 0.2) is 11.4 Å². The molecule has 0 saturated heterocycles. The first kappa shape index (κ1) is 12.3. The maximum atomic E-state index is 6.03. The Morgan fingerprint density at radius 3 is 2.73 bits per heavy atom. The molecule has 1 aliphatic rings. The zero-order chi connectivity index (χ0) is 11.3. The fourth-order valence-electron chi connectivity index (χ4n) is 2.02. The van der Waals surface area contributed by atoms with Crippen LogP contribution in [0.4, 0.5) is 0 Å². The minimum atomic E-state index is 0.360. The molecular formula is C11H23N3O. The number of nitrogens with zero attached hydrogens (tertiary/aromatic N) is 1. The van der Waals surface area contributed by atoms with Gasteiger partial charge in [-0.2, -0.15) is 0 Å². The van der Waals surface area contributed by atoms with E-state index in [1.54, 1.807) is 12.1 Å². The normalized spacial score (nSPS) is 28.3. The Morgan fingerprint density at radius 1 is 1.40 bits per heavy atom. The summed E-state index contributed by atoms with van der Waals surface area (Å²) < 4.78 is 5.40. The van der Waals surface area contributed by atoms with Crippen molar-refractivity contribution in [3.05, 3.63) is 11.4 Å². The van der Waals surface area contributed by atoms with Crippen LogP contribution < -0.4 is 11.6 Å². The third-order valence-electron chi connectivity index (χ3n) is 3.07. The monoisotopic (exact) mass is 213 g/mol. The Morgan fingerprint density at radius 2 is 2.13 bits per heavy atom. The highest BCUT2D eigenvalue weighted by Gasteiger charge is 2.16. The number of hydrazine groups is 1. The Kier molecular flexibility index (Phi) is 4.91. The fourth-order valence-corrected chi connectivity index (χ4v) is 2.02. The highest BCUT2D eigenvalue weighted by molar-refractivity contribution is 5.10. The van der Waals surface area contributed by atoms with Crippen molar-refractivity contribution < 1.29 is 4.74 Å². The molecule has 1 atom stereocenters. The van der Waals surface area contributed by atoms with Crippen LogP contribution in [0, 0.1) is 0 Å². The van der Waals surface area contributed by atoms with E-state index in [0.29, 0.717) is 6.10 Å². The molecule has 1 rings (SSSR count). The molecule has 0 fully saturated rings. The summed E-state index contributed by atoms with van der Waals surface area (Å²) in [5, 5.41) is 1.76. The Balaban J connectivity index is 2.68. The van der Waals surface area contributed by atoms with Gasteiger partial charge in [-0.25, -0.2) is 5.84 Å². The first-order valence-corrected chi connectivity index (χ1v) is 5.71. The number of methoxy groups -OCH3 is 1. The van der Waals surface area contributed by atoms with E-state index in [4.69, 9.17) is 16.3 Å². The van der Waals surface area contributed by atoms with Crippen molar-refractivity contribution in [2.45, 2.75) is 45.1 Å². The second-order valence-corrected chi connectivity index (χ2v) is 4.05. The van der Waals surface area contributed by atoms with Gasteiger partial charge in [-0.15, -0.1) is 0 Å². The molecule has 0 bridgehead atoms. The number of hydrogen-bond acceptors (Lipinski definition) is 4. The molecule has 0 aromatic heterocycles. The van der Waals surface area contributed by atoms with Gasteiger partial charge in [0.2, 0.25) is 0 Å². The lowest BCUT2D eigenvalue weighted by Crippen LogP contribution is -2.33. The summed E-state index contributed by atoms with van der Waals surface area (Å²) in [5.41, 5.74) is 8.08. The number of rotatable bonds is 3. The van der Waals surface area contributed by atoms with E-state index in [1.165, 1.54) is 0 Å². The van der Waals surface area contributed by atoms with E-state index < -0.39 is 0 Å². The molecule has 1 unspecified atom stereocenters. The Labute approximate surface area is 92.2 Å². The Hall–Kier alpha value is -0.740. The van der Waals surface area contributed by atoms with Crippen LogP contribution in [-0.2, 0) is 4.74 Å². The lowest BCUT2D eigenvalue weighted by Gasteiger charge is -2.26. The van der Waals surface area contributed by atoms with Crippen molar-refractivity contribution in [3.63, 3.8) is 0 Å². The molecule has 15 heavy (non-hydrogen) atoms. The number of ether oxygens (including phenoxy) is 1. The molecule has 0 heterocycles. The van der Waals surface area contributed by atoms with E-state index in [0.717, 1.165) is 50.0 Å². The summed E-state index contributed by atoms with van der Waals surface area (Å²) in [7, 11) is 1.78. The molecule has 88 valence electrons. The summed E-state index contributed by atoms with van der Waals surface area (Å²) in [5.74, 6) is 5.90. The van der Waals surface area contributed by atoms with Crippen molar-refractivity contribution in [3.8, 4) is 0 Å². The first-order chi connectivity index (χ1) is 7.19. The van der Waals surface area contributed by atoms with E-state index in [2.05, 4.69) is 0 Å². The average molecular weight is 213 g/mol. The molecular weight excluding hydrogens is 190 g/mol. The molecule has 4 heteroatoms.